The van der Waals surface area contributed by atoms with Crippen molar-refractivity contribution in [2.24, 2.45) is 0 Å². The van der Waals surface area contributed by atoms with E-state index in [0.29, 0.717) is 18.9 Å². The Morgan fingerprint density at radius 1 is 1.06 bits per heavy atom. The molecule has 7 nitrogen and oxygen atoms in total. The minimum Gasteiger partial charge on any atom is -0.454 e. The molecule has 32 heavy (non-hydrogen) atoms. The first-order valence-electron chi connectivity index (χ1n) is 10.5. The van der Waals surface area contributed by atoms with E-state index in [2.05, 4.69) is 9.88 Å². The molecule has 3 aromatic heterocycles. The van der Waals surface area contributed by atoms with Gasteiger partial charge in [0.1, 0.15) is 0 Å². The number of hydrogen-bond acceptors (Lipinski definition) is 7. The molecule has 0 spiro atoms. The molecule has 160 valence electrons. The summed E-state index contributed by atoms with van der Waals surface area (Å²) >= 11 is 1.58. The van der Waals surface area contributed by atoms with Gasteiger partial charge in [-0.15, -0.1) is 11.3 Å². The topological polar surface area (TPSA) is 80.3 Å². The van der Waals surface area contributed by atoms with E-state index >= 15 is 0 Å². The van der Waals surface area contributed by atoms with Gasteiger partial charge in [-0.2, -0.15) is 0 Å². The number of aromatic amines is 1. The number of pyridine rings is 1. The van der Waals surface area contributed by atoms with Crippen molar-refractivity contribution in [2.75, 3.05) is 13.3 Å². The second-order valence-electron chi connectivity index (χ2n) is 7.86. The smallest absolute Gasteiger partial charge is 0.255 e. The summed E-state index contributed by atoms with van der Waals surface area (Å²) in [6, 6.07) is 15.8. The highest BCUT2D eigenvalue weighted by Gasteiger charge is 2.22. The molecule has 1 N–H and O–H groups in total. The quantitative estimate of drug-likeness (QED) is 0.515. The van der Waals surface area contributed by atoms with Crippen LogP contribution in [0.2, 0.25) is 0 Å². The lowest BCUT2D eigenvalue weighted by atomic mass is 10.1. The monoisotopic (exact) mass is 444 g/mol. The molecule has 8 heteroatoms. The summed E-state index contributed by atoms with van der Waals surface area (Å²) in [4.78, 5) is 28.5. The number of nitrogens with zero attached hydrogens (tertiary/aromatic N) is 3. The summed E-state index contributed by atoms with van der Waals surface area (Å²) in [5, 5.41) is 1.99. The fraction of sp³-hybridized carbons (Fsp3) is 0.208. The third-order valence-electron chi connectivity index (χ3n) is 5.76. The SMILES string of the molecule is O=c1[nH]c(-c2cccs2)nc2c1CN(Cc1cccc(-c3ccc4c(c3)OCO4)n1)CC2. The van der Waals surface area contributed by atoms with Gasteiger partial charge in [-0.1, -0.05) is 12.1 Å². The van der Waals surface area contributed by atoms with Crippen molar-refractivity contribution in [1.82, 2.24) is 19.9 Å². The van der Waals surface area contributed by atoms with E-state index in [-0.39, 0.29) is 12.4 Å². The first kappa shape index (κ1) is 19.2. The van der Waals surface area contributed by atoms with Crippen LogP contribution < -0.4 is 15.0 Å². The minimum atomic E-state index is -0.0508. The summed E-state index contributed by atoms with van der Waals surface area (Å²) in [6.07, 6.45) is 0.749. The maximum Gasteiger partial charge on any atom is 0.255 e. The average Bonchev–Trinajstić information content (AvgIpc) is 3.51. The van der Waals surface area contributed by atoms with Crippen molar-refractivity contribution in [3.8, 4) is 33.5 Å². The Kier molecular flexibility index (Phi) is 4.74. The zero-order chi connectivity index (χ0) is 21.5. The molecule has 2 aliphatic rings. The molecular weight excluding hydrogens is 424 g/mol. The number of rotatable bonds is 4. The largest absolute Gasteiger partial charge is 0.454 e. The molecule has 0 saturated carbocycles. The van der Waals surface area contributed by atoms with E-state index in [9.17, 15) is 4.79 Å². The van der Waals surface area contributed by atoms with Crippen LogP contribution in [0.5, 0.6) is 11.5 Å². The van der Waals surface area contributed by atoms with Crippen LogP contribution in [-0.4, -0.2) is 33.2 Å². The van der Waals surface area contributed by atoms with Crippen molar-refractivity contribution in [3.05, 3.63) is 81.2 Å². The molecular formula is C24H20N4O3S. The van der Waals surface area contributed by atoms with E-state index in [1.54, 1.807) is 11.3 Å². The summed E-state index contributed by atoms with van der Waals surface area (Å²) < 4.78 is 10.9. The second kappa shape index (κ2) is 7.89. The summed E-state index contributed by atoms with van der Waals surface area (Å²) in [7, 11) is 0. The Morgan fingerprint density at radius 3 is 2.91 bits per heavy atom. The molecule has 6 rings (SSSR count). The predicted molar refractivity (Wildman–Crippen MR) is 122 cm³/mol. The Bertz CT molecular complexity index is 1350. The van der Waals surface area contributed by atoms with Crippen LogP contribution in [0, 0.1) is 0 Å². The Hall–Kier alpha value is -3.49. The zero-order valence-corrected chi connectivity index (χ0v) is 18.0. The van der Waals surface area contributed by atoms with Crippen molar-refractivity contribution in [3.63, 3.8) is 0 Å². The first-order valence-corrected chi connectivity index (χ1v) is 11.4. The van der Waals surface area contributed by atoms with Crippen LogP contribution >= 0.6 is 11.3 Å². The molecule has 0 unspecified atom stereocenters. The van der Waals surface area contributed by atoms with E-state index in [1.807, 2.05) is 53.9 Å². The predicted octanol–water partition coefficient (Wildman–Crippen LogP) is 3.85. The fourth-order valence-electron chi connectivity index (χ4n) is 4.16. The Balaban J connectivity index is 1.22. The van der Waals surface area contributed by atoms with Crippen molar-refractivity contribution in [1.29, 1.82) is 0 Å². The van der Waals surface area contributed by atoms with Gasteiger partial charge in [-0.05, 0) is 41.8 Å². The standard InChI is InChI=1S/C24H20N4O3S/c29-24-17-13-28(9-8-19(17)26-23(27-24)22-5-2-10-32-22)12-16-3-1-4-18(25-16)15-6-7-20-21(11-15)31-14-30-20/h1-7,10-11H,8-9,12-14H2,(H,26,27,29). The highest BCUT2D eigenvalue weighted by molar-refractivity contribution is 7.13. The van der Waals surface area contributed by atoms with Gasteiger partial charge in [0.25, 0.3) is 5.56 Å². The molecule has 5 heterocycles. The van der Waals surface area contributed by atoms with Crippen LogP contribution in [0.4, 0.5) is 0 Å². The number of thiophene rings is 1. The van der Waals surface area contributed by atoms with Crippen LogP contribution in [0.3, 0.4) is 0 Å². The van der Waals surface area contributed by atoms with Gasteiger partial charge in [-0.3, -0.25) is 14.7 Å². The van der Waals surface area contributed by atoms with E-state index in [0.717, 1.165) is 57.6 Å². The molecule has 1 aromatic carbocycles. The summed E-state index contributed by atoms with van der Waals surface area (Å²) in [5.41, 5.74) is 4.44. The molecule has 0 aliphatic carbocycles. The Labute approximate surface area is 188 Å². The lowest BCUT2D eigenvalue weighted by Gasteiger charge is -2.27. The molecule has 0 saturated heterocycles. The van der Waals surface area contributed by atoms with Crippen molar-refractivity contribution in [2.45, 2.75) is 19.5 Å². The number of aromatic nitrogens is 3. The van der Waals surface area contributed by atoms with Crippen LogP contribution in [0.25, 0.3) is 22.0 Å². The number of benzene rings is 1. The number of fused-ring (bicyclic) bond motifs is 2. The Morgan fingerprint density at radius 2 is 2.00 bits per heavy atom. The molecule has 4 aromatic rings. The lowest BCUT2D eigenvalue weighted by Crippen LogP contribution is -2.35. The summed E-state index contributed by atoms with van der Waals surface area (Å²) in [5.74, 6) is 2.17. The summed E-state index contributed by atoms with van der Waals surface area (Å²) in [6.45, 7) is 2.33. The van der Waals surface area contributed by atoms with Crippen LogP contribution in [0.1, 0.15) is 17.0 Å². The van der Waals surface area contributed by atoms with Gasteiger partial charge in [0.2, 0.25) is 6.79 Å². The fourth-order valence-corrected chi connectivity index (χ4v) is 4.83. The van der Waals surface area contributed by atoms with Gasteiger partial charge in [0.15, 0.2) is 17.3 Å². The lowest BCUT2D eigenvalue weighted by molar-refractivity contribution is 0.174. The van der Waals surface area contributed by atoms with Crippen LogP contribution in [0.15, 0.2) is 58.7 Å². The van der Waals surface area contributed by atoms with Crippen molar-refractivity contribution < 1.29 is 9.47 Å². The second-order valence-corrected chi connectivity index (χ2v) is 8.81. The van der Waals surface area contributed by atoms with Crippen LogP contribution in [-0.2, 0) is 19.5 Å². The molecule has 0 fully saturated rings. The molecule has 0 radical (unpaired) electrons. The van der Waals surface area contributed by atoms with Gasteiger partial charge >= 0.3 is 0 Å². The van der Waals surface area contributed by atoms with E-state index < -0.39 is 0 Å². The highest BCUT2D eigenvalue weighted by Crippen LogP contribution is 2.35. The number of ether oxygens (including phenoxy) is 2. The third-order valence-corrected chi connectivity index (χ3v) is 6.64. The molecule has 0 amide bonds. The minimum absolute atomic E-state index is 0.0508. The normalized spacial score (nSPS) is 15.0. The average molecular weight is 445 g/mol. The van der Waals surface area contributed by atoms with Gasteiger partial charge in [-0.25, -0.2) is 4.98 Å². The van der Waals surface area contributed by atoms with E-state index in [4.69, 9.17) is 19.4 Å². The molecule has 0 atom stereocenters. The number of nitrogens with one attached hydrogen (secondary N) is 1. The van der Waals surface area contributed by atoms with Gasteiger partial charge in [0, 0.05) is 31.6 Å². The first-order chi connectivity index (χ1) is 15.7. The maximum absolute atomic E-state index is 12.8. The van der Waals surface area contributed by atoms with Gasteiger partial charge < -0.3 is 14.5 Å². The third kappa shape index (κ3) is 3.57. The van der Waals surface area contributed by atoms with Crippen molar-refractivity contribution >= 4 is 11.3 Å². The molecule has 2 aliphatic heterocycles. The van der Waals surface area contributed by atoms with Gasteiger partial charge in [0.05, 0.1) is 27.5 Å². The number of hydrogen-bond donors (Lipinski definition) is 1. The van der Waals surface area contributed by atoms with E-state index in [1.165, 1.54) is 0 Å². The highest BCUT2D eigenvalue weighted by atomic mass is 32.1. The molecule has 0 bridgehead atoms. The zero-order valence-electron chi connectivity index (χ0n) is 17.2. The maximum atomic E-state index is 12.8. The number of H-pyrrole nitrogens is 1.